The lowest BCUT2D eigenvalue weighted by Crippen LogP contribution is -1.99. The summed E-state index contributed by atoms with van der Waals surface area (Å²) in [5, 5.41) is 3.83. The molecule has 0 atom stereocenters. The largest absolute Gasteiger partial charge is 0.487 e. The van der Waals surface area contributed by atoms with Crippen LogP contribution >= 0.6 is 34.5 Å². The van der Waals surface area contributed by atoms with Gasteiger partial charge < -0.3 is 10.1 Å². The van der Waals surface area contributed by atoms with Gasteiger partial charge in [0.2, 0.25) is 0 Å². The van der Waals surface area contributed by atoms with E-state index in [1.807, 2.05) is 30.3 Å². The molecule has 0 aliphatic rings. The number of anilines is 1. The number of thiazole rings is 1. The second-order valence-electron chi connectivity index (χ2n) is 4.73. The third-order valence-electron chi connectivity index (χ3n) is 3.04. The first kappa shape index (κ1) is 16.1. The third kappa shape index (κ3) is 4.58. The molecule has 4 nitrogen and oxygen atoms in total. The molecule has 0 saturated carbocycles. The molecule has 0 radical (unpaired) electrons. The lowest BCUT2D eigenvalue weighted by atomic mass is 10.3. The van der Waals surface area contributed by atoms with Crippen molar-refractivity contribution >= 4 is 40.2 Å². The van der Waals surface area contributed by atoms with E-state index in [1.165, 1.54) is 11.3 Å². The van der Waals surface area contributed by atoms with Gasteiger partial charge in [0, 0.05) is 34.7 Å². The first-order valence-corrected chi connectivity index (χ1v) is 8.43. The highest BCUT2D eigenvalue weighted by Gasteiger charge is 2.05. The number of nitrogens with zero attached hydrogens (tertiary/aromatic N) is 2. The van der Waals surface area contributed by atoms with Crippen LogP contribution in [0.2, 0.25) is 9.49 Å². The summed E-state index contributed by atoms with van der Waals surface area (Å²) < 4.78 is 6.26. The van der Waals surface area contributed by atoms with E-state index in [0.29, 0.717) is 28.4 Å². The van der Waals surface area contributed by atoms with Crippen LogP contribution in [0, 0.1) is 0 Å². The Bertz CT molecular complexity index is 780. The molecule has 0 unspecified atom stereocenters. The van der Waals surface area contributed by atoms with Gasteiger partial charge in [0.1, 0.15) is 12.4 Å². The number of halogens is 2. The number of ether oxygens (including phenoxy) is 1. The topological polar surface area (TPSA) is 47.0 Å². The van der Waals surface area contributed by atoms with Gasteiger partial charge in [-0.2, -0.15) is 0 Å². The maximum absolute atomic E-state index is 6.27. The Hall–Kier alpha value is -1.82. The van der Waals surface area contributed by atoms with E-state index in [9.17, 15) is 0 Å². The highest BCUT2D eigenvalue weighted by molar-refractivity contribution is 7.15. The quantitative estimate of drug-likeness (QED) is 0.664. The minimum Gasteiger partial charge on any atom is -0.487 e. The fourth-order valence-electron chi connectivity index (χ4n) is 1.93. The van der Waals surface area contributed by atoms with Crippen molar-refractivity contribution in [1.29, 1.82) is 0 Å². The monoisotopic (exact) mass is 365 g/mol. The van der Waals surface area contributed by atoms with Crippen molar-refractivity contribution in [3.8, 4) is 5.75 Å². The Morgan fingerprint density at radius 3 is 2.78 bits per heavy atom. The Kier molecular flexibility index (Phi) is 5.33. The van der Waals surface area contributed by atoms with Crippen LogP contribution in [-0.2, 0) is 13.2 Å². The number of nitrogens with one attached hydrogen (secondary N) is 1. The summed E-state index contributed by atoms with van der Waals surface area (Å²) in [7, 11) is 0. The Morgan fingerprint density at radius 2 is 2.09 bits per heavy atom. The third-order valence-corrected chi connectivity index (χ3v) is 4.45. The summed E-state index contributed by atoms with van der Waals surface area (Å²) in [6.07, 6.45) is 5.25. The fourth-order valence-corrected chi connectivity index (χ4v) is 3.08. The van der Waals surface area contributed by atoms with Gasteiger partial charge in [0.25, 0.3) is 0 Å². The van der Waals surface area contributed by atoms with E-state index in [-0.39, 0.29) is 0 Å². The molecule has 1 N–H and O–H groups in total. The molecule has 118 valence electrons. The van der Waals surface area contributed by atoms with Crippen LogP contribution in [0.4, 0.5) is 5.69 Å². The van der Waals surface area contributed by atoms with Gasteiger partial charge in [0.15, 0.2) is 4.47 Å². The van der Waals surface area contributed by atoms with Crippen molar-refractivity contribution in [2.75, 3.05) is 5.32 Å². The van der Waals surface area contributed by atoms with Crippen LogP contribution in [0.25, 0.3) is 0 Å². The first-order valence-electron chi connectivity index (χ1n) is 6.86. The van der Waals surface area contributed by atoms with Crippen LogP contribution in [-0.4, -0.2) is 9.97 Å². The van der Waals surface area contributed by atoms with Gasteiger partial charge in [0.05, 0.1) is 11.6 Å². The minimum atomic E-state index is 0.430. The van der Waals surface area contributed by atoms with Crippen LogP contribution in [0.5, 0.6) is 5.75 Å². The summed E-state index contributed by atoms with van der Waals surface area (Å²) in [6, 6.07) is 9.44. The summed E-state index contributed by atoms with van der Waals surface area (Å²) in [6.45, 7) is 1.08. The average Bonchev–Trinajstić information content (AvgIpc) is 2.98. The molecule has 0 bridgehead atoms. The first-order chi connectivity index (χ1) is 11.2. The molecule has 2 heterocycles. The highest BCUT2D eigenvalue weighted by atomic mass is 35.5. The zero-order valence-corrected chi connectivity index (χ0v) is 14.3. The molecule has 2 aromatic heterocycles. The molecule has 0 spiro atoms. The van der Waals surface area contributed by atoms with Crippen molar-refractivity contribution in [3.05, 3.63) is 68.9 Å². The van der Waals surface area contributed by atoms with Crippen molar-refractivity contribution < 1.29 is 4.74 Å². The maximum Gasteiger partial charge on any atom is 0.183 e. The molecule has 7 heteroatoms. The lowest BCUT2D eigenvalue weighted by Gasteiger charge is -2.10. The highest BCUT2D eigenvalue weighted by Crippen LogP contribution is 2.29. The molecule has 0 aliphatic carbocycles. The van der Waals surface area contributed by atoms with E-state index in [4.69, 9.17) is 27.9 Å². The van der Waals surface area contributed by atoms with E-state index in [2.05, 4.69) is 15.3 Å². The molecule has 0 aliphatic heterocycles. The van der Waals surface area contributed by atoms with Crippen LogP contribution in [0.15, 0.2) is 48.9 Å². The Balaban J connectivity index is 1.59. The number of hydrogen-bond donors (Lipinski definition) is 1. The summed E-state index contributed by atoms with van der Waals surface area (Å²) in [4.78, 5) is 9.12. The predicted molar refractivity (Wildman–Crippen MR) is 94.5 cm³/mol. The van der Waals surface area contributed by atoms with Gasteiger partial charge >= 0.3 is 0 Å². The summed E-state index contributed by atoms with van der Waals surface area (Å²) >= 11 is 13.5. The number of benzene rings is 1. The summed E-state index contributed by atoms with van der Waals surface area (Å²) in [5.74, 6) is 0.641. The van der Waals surface area contributed by atoms with Crippen LogP contribution in [0.1, 0.15) is 10.4 Å². The van der Waals surface area contributed by atoms with Gasteiger partial charge in [-0.25, -0.2) is 4.98 Å². The summed E-state index contributed by atoms with van der Waals surface area (Å²) in [5.41, 5.74) is 1.90. The SMILES string of the molecule is Clc1ncc(CNc2ccc(OCc3cccnc3)c(Cl)c2)s1. The number of rotatable bonds is 6. The van der Waals surface area contributed by atoms with E-state index >= 15 is 0 Å². The zero-order valence-electron chi connectivity index (χ0n) is 12.0. The predicted octanol–water partition coefficient (Wildman–Crippen LogP) is 5.04. The van der Waals surface area contributed by atoms with E-state index in [0.717, 1.165) is 16.1 Å². The lowest BCUT2D eigenvalue weighted by molar-refractivity contribution is 0.306. The molecular formula is C16H13Cl2N3OS. The average molecular weight is 366 g/mol. The van der Waals surface area contributed by atoms with Crippen LogP contribution < -0.4 is 10.1 Å². The van der Waals surface area contributed by atoms with Crippen molar-refractivity contribution in [3.63, 3.8) is 0 Å². The van der Waals surface area contributed by atoms with Gasteiger partial charge in [-0.3, -0.25) is 4.98 Å². The van der Waals surface area contributed by atoms with Crippen molar-refractivity contribution in [2.24, 2.45) is 0 Å². The zero-order chi connectivity index (χ0) is 16.1. The van der Waals surface area contributed by atoms with E-state index in [1.54, 1.807) is 18.6 Å². The van der Waals surface area contributed by atoms with Crippen molar-refractivity contribution in [2.45, 2.75) is 13.2 Å². The van der Waals surface area contributed by atoms with Crippen LogP contribution in [0.3, 0.4) is 0 Å². The van der Waals surface area contributed by atoms with Gasteiger partial charge in [-0.05, 0) is 24.3 Å². The molecule has 0 saturated heterocycles. The fraction of sp³-hybridized carbons (Fsp3) is 0.125. The second kappa shape index (κ2) is 7.64. The molecule has 3 rings (SSSR count). The molecule has 0 amide bonds. The molecule has 0 fully saturated rings. The standard InChI is InChI=1S/C16H13Cl2N3OS/c17-14-6-12(20-8-13-9-21-16(18)23-13)3-4-15(14)22-10-11-2-1-5-19-7-11/h1-7,9,20H,8,10H2. The molecule has 23 heavy (non-hydrogen) atoms. The molecular weight excluding hydrogens is 353 g/mol. The van der Waals surface area contributed by atoms with Gasteiger partial charge in [-0.15, -0.1) is 11.3 Å². The Labute approximate surface area is 148 Å². The number of pyridine rings is 1. The van der Waals surface area contributed by atoms with Gasteiger partial charge in [-0.1, -0.05) is 29.3 Å². The number of aromatic nitrogens is 2. The van der Waals surface area contributed by atoms with E-state index < -0.39 is 0 Å². The molecule has 3 aromatic rings. The minimum absolute atomic E-state index is 0.430. The maximum atomic E-state index is 6.27. The Morgan fingerprint density at radius 1 is 1.17 bits per heavy atom. The molecule has 1 aromatic carbocycles. The smallest absolute Gasteiger partial charge is 0.183 e. The normalized spacial score (nSPS) is 10.5. The number of hydrogen-bond acceptors (Lipinski definition) is 5. The second-order valence-corrected chi connectivity index (χ2v) is 6.83. The van der Waals surface area contributed by atoms with Crippen molar-refractivity contribution in [1.82, 2.24) is 9.97 Å².